The smallest absolute Gasteiger partial charge is 0.0960 e. The summed E-state index contributed by atoms with van der Waals surface area (Å²) in [6.45, 7) is 4.09. The van der Waals surface area contributed by atoms with Gasteiger partial charge in [0.15, 0.2) is 0 Å². The van der Waals surface area contributed by atoms with Crippen LogP contribution in [-0.2, 0) is 15.9 Å². The van der Waals surface area contributed by atoms with E-state index in [-0.39, 0.29) is 0 Å². The minimum absolute atomic E-state index is 0.699. The molecule has 2 aromatic rings. The average Bonchev–Trinajstić information content (AvgIpc) is 2.60. The number of hydrogen-bond acceptors (Lipinski definition) is 2. The summed E-state index contributed by atoms with van der Waals surface area (Å²) >= 11 is 0. The Kier molecular flexibility index (Phi) is 2.54. The van der Waals surface area contributed by atoms with Crippen LogP contribution in [0.1, 0.15) is 18.2 Å². The molecular formula is C12H16N2OS. The molecule has 1 N–H and O–H groups in total. The van der Waals surface area contributed by atoms with Crippen molar-refractivity contribution in [1.29, 1.82) is 0 Å². The van der Waals surface area contributed by atoms with Crippen LogP contribution in [0, 0.1) is 6.92 Å². The fourth-order valence-corrected chi connectivity index (χ4v) is 2.58. The first kappa shape index (κ1) is 11.2. The van der Waals surface area contributed by atoms with Crippen LogP contribution >= 0.6 is 0 Å². The van der Waals surface area contributed by atoms with E-state index >= 15 is 0 Å². The molecule has 2 rings (SSSR count). The number of nitrogens with one attached hydrogen (secondary N) is 1. The molecule has 1 unspecified atom stereocenters. The average molecular weight is 236 g/mol. The topological polar surface area (TPSA) is 45.8 Å². The van der Waals surface area contributed by atoms with Gasteiger partial charge in [-0.3, -0.25) is 9.19 Å². The quantitative estimate of drug-likeness (QED) is 0.812. The van der Waals surface area contributed by atoms with E-state index < -0.39 is 9.52 Å². The zero-order valence-corrected chi connectivity index (χ0v) is 10.6. The van der Waals surface area contributed by atoms with Crippen LogP contribution in [-0.4, -0.2) is 26.3 Å². The van der Waals surface area contributed by atoms with Crippen molar-refractivity contribution in [3.8, 4) is 0 Å². The molecule has 0 bridgehead atoms. The van der Waals surface area contributed by atoms with E-state index in [4.69, 9.17) is 0 Å². The lowest BCUT2D eigenvalue weighted by Crippen LogP contribution is -1.96. The Labute approximate surface area is 95.9 Å². The molecule has 16 heavy (non-hydrogen) atoms. The second-order valence-electron chi connectivity index (χ2n) is 4.14. The number of aryl methyl sites for hydroxylation is 2. The molecule has 0 saturated heterocycles. The Morgan fingerprint density at radius 1 is 1.56 bits per heavy atom. The molecule has 2 heterocycles. The number of aromatic nitrogens is 2. The molecular weight excluding hydrogens is 220 g/mol. The van der Waals surface area contributed by atoms with Crippen molar-refractivity contribution in [2.24, 2.45) is 0 Å². The summed E-state index contributed by atoms with van der Waals surface area (Å²) in [6, 6.07) is 1.89. The Morgan fingerprint density at radius 3 is 2.81 bits per heavy atom. The molecule has 3 nitrogen and oxygen atoms in total. The van der Waals surface area contributed by atoms with Gasteiger partial charge in [-0.2, -0.15) is 0 Å². The second-order valence-corrected chi connectivity index (χ2v) is 6.59. The molecule has 0 amide bonds. The van der Waals surface area contributed by atoms with Crippen LogP contribution in [0.25, 0.3) is 10.9 Å². The molecule has 2 aromatic heterocycles. The van der Waals surface area contributed by atoms with Crippen LogP contribution in [0.3, 0.4) is 0 Å². The Morgan fingerprint density at radius 2 is 2.25 bits per heavy atom. The van der Waals surface area contributed by atoms with E-state index in [1.165, 1.54) is 5.56 Å². The number of H-pyrrole nitrogens is 1. The minimum atomic E-state index is -2.19. The van der Waals surface area contributed by atoms with Gasteiger partial charge in [0.25, 0.3) is 0 Å². The summed E-state index contributed by atoms with van der Waals surface area (Å²) in [5.74, 6) is 3.69. The highest BCUT2D eigenvalue weighted by molar-refractivity contribution is 7.99. The molecule has 4 heteroatoms. The maximum atomic E-state index is 11.9. The third-order valence-electron chi connectivity index (χ3n) is 2.78. The highest BCUT2D eigenvalue weighted by atomic mass is 32.2. The number of nitrogens with zero attached hydrogens (tertiary/aromatic N) is 1. The van der Waals surface area contributed by atoms with Gasteiger partial charge in [0.05, 0.1) is 10.5 Å². The summed E-state index contributed by atoms with van der Waals surface area (Å²) < 4.78 is 11.9. The molecule has 86 valence electrons. The monoisotopic (exact) mass is 236 g/mol. The number of pyridine rings is 1. The third kappa shape index (κ3) is 1.73. The van der Waals surface area contributed by atoms with E-state index in [0.29, 0.717) is 5.03 Å². The lowest BCUT2D eigenvalue weighted by atomic mass is 10.1. The second kappa shape index (κ2) is 3.63. The highest BCUT2D eigenvalue weighted by Crippen LogP contribution is 2.23. The molecule has 0 aliphatic rings. The summed E-state index contributed by atoms with van der Waals surface area (Å²) in [4.78, 5) is 7.56. The van der Waals surface area contributed by atoms with Gasteiger partial charge in [-0.15, -0.1) is 0 Å². The summed E-state index contributed by atoms with van der Waals surface area (Å²) in [7, 11) is -2.19. The predicted octanol–water partition coefficient (Wildman–Crippen LogP) is 2.14. The van der Waals surface area contributed by atoms with E-state index in [9.17, 15) is 4.21 Å². The summed E-state index contributed by atoms with van der Waals surface area (Å²) in [5, 5.41) is 1.71. The summed E-state index contributed by atoms with van der Waals surface area (Å²) in [6.07, 6.45) is 4.37. The first-order valence-corrected chi connectivity index (χ1v) is 7.36. The SMILES string of the molecule is C=S(C)(=O)c1cc2cnc(C)c(CC)c2[nH]1. The van der Waals surface area contributed by atoms with Crippen LogP contribution in [0.4, 0.5) is 0 Å². The Hall–Kier alpha value is -1.29. The molecule has 0 spiro atoms. The largest absolute Gasteiger partial charge is 0.348 e. The molecule has 0 radical (unpaired) electrons. The molecule has 0 saturated carbocycles. The zero-order chi connectivity index (χ0) is 11.9. The molecule has 0 aromatic carbocycles. The molecule has 0 aliphatic heterocycles. The first-order valence-electron chi connectivity index (χ1n) is 5.23. The number of rotatable bonds is 2. The van der Waals surface area contributed by atoms with Crippen molar-refractivity contribution >= 4 is 26.3 Å². The summed E-state index contributed by atoms with van der Waals surface area (Å²) in [5.41, 5.74) is 3.26. The van der Waals surface area contributed by atoms with Gasteiger partial charge in [0.1, 0.15) is 0 Å². The maximum Gasteiger partial charge on any atom is 0.0960 e. The van der Waals surface area contributed by atoms with Gasteiger partial charge >= 0.3 is 0 Å². The van der Waals surface area contributed by atoms with Gasteiger partial charge in [0, 0.05) is 33.1 Å². The van der Waals surface area contributed by atoms with Crippen LogP contribution < -0.4 is 0 Å². The van der Waals surface area contributed by atoms with Crippen molar-refractivity contribution in [2.45, 2.75) is 25.3 Å². The minimum Gasteiger partial charge on any atom is -0.348 e. The van der Waals surface area contributed by atoms with Crippen molar-refractivity contribution in [1.82, 2.24) is 9.97 Å². The molecule has 1 atom stereocenters. The van der Waals surface area contributed by atoms with E-state index in [1.54, 1.807) is 6.26 Å². The Bertz CT molecular complexity index is 638. The number of hydrogen-bond donors (Lipinski definition) is 1. The van der Waals surface area contributed by atoms with Gasteiger partial charge in [-0.1, -0.05) is 6.92 Å². The zero-order valence-electron chi connectivity index (χ0n) is 9.83. The molecule has 0 fully saturated rings. The van der Waals surface area contributed by atoms with Crippen molar-refractivity contribution in [3.05, 3.63) is 23.5 Å². The fourth-order valence-electron chi connectivity index (χ4n) is 1.89. The molecule has 0 aliphatic carbocycles. The fraction of sp³-hybridized carbons (Fsp3) is 0.333. The van der Waals surface area contributed by atoms with Gasteiger partial charge in [-0.05, 0) is 30.8 Å². The van der Waals surface area contributed by atoms with Crippen molar-refractivity contribution < 1.29 is 4.21 Å². The highest BCUT2D eigenvalue weighted by Gasteiger charge is 2.10. The van der Waals surface area contributed by atoms with E-state index in [2.05, 4.69) is 22.8 Å². The van der Waals surface area contributed by atoms with Crippen LogP contribution in [0.2, 0.25) is 0 Å². The third-order valence-corrected chi connectivity index (χ3v) is 3.93. The van der Waals surface area contributed by atoms with Gasteiger partial charge < -0.3 is 4.98 Å². The van der Waals surface area contributed by atoms with Crippen LogP contribution in [0.5, 0.6) is 0 Å². The standard InChI is InChI=1S/C12H16N2OS/c1-5-10-8(2)13-7-9-6-11(14-12(9)10)16(3,4)15/h6-7,14H,3,5H2,1-2,4H3. The normalized spacial score (nSPS) is 15.2. The lowest BCUT2D eigenvalue weighted by molar-refractivity contribution is 0.683. The van der Waals surface area contributed by atoms with E-state index in [1.807, 2.05) is 19.2 Å². The van der Waals surface area contributed by atoms with Crippen molar-refractivity contribution in [2.75, 3.05) is 6.26 Å². The lowest BCUT2D eigenvalue weighted by Gasteiger charge is -2.03. The number of fused-ring (bicyclic) bond motifs is 1. The van der Waals surface area contributed by atoms with Gasteiger partial charge in [0.2, 0.25) is 0 Å². The van der Waals surface area contributed by atoms with Gasteiger partial charge in [-0.25, -0.2) is 0 Å². The number of aromatic amines is 1. The predicted molar refractivity (Wildman–Crippen MR) is 69.7 cm³/mol. The van der Waals surface area contributed by atoms with Crippen molar-refractivity contribution in [3.63, 3.8) is 0 Å². The maximum absolute atomic E-state index is 11.9. The Balaban J connectivity index is 2.81. The van der Waals surface area contributed by atoms with E-state index in [0.717, 1.165) is 23.0 Å². The van der Waals surface area contributed by atoms with Crippen LogP contribution in [0.15, 0.2) is 17.3 Å². The first-order chi connectivity index (χ1) is 7.43.